The number of nitrogens with zero attached hydrogens (tertiary/aromatic N) is 1. The number of methoxy groups -OCH3 is 1. The first-order valence-corrected chi connectivity index (χ1v) is 11.3. The number of carbonyl (C=O) groups is 2. The maximum atomic E-state index is 13.0. The molecule has 170 valence electrons. The van der Waals surface area contributed by atoms with E-state index < -0.39 is 17.7 Å². The monoisotopic (exact) mass is 501 g/mol. The van der Waals surface area contributed by atoms with Crippen LogP contribution in [0.3, 0.4) is 0 Å². The van der Waals surface area contributed by atoms with Gasteiger partial charge in [-0.3, -0.25) is 9.59 Å². The lowest BCUT2D eigenvalue weighted by molar-refractivity contribution is -0.140. The number of amides is 1. The van der Waals surface area contributed by atoms with E-state index in [4.69, 9.17) is 9.47 Å². The van der Waals surface area contributed by atoms with Crippen LogP contribution in [0.15, 0.2) is 52.5 Å². The van der Waals surface area contributed by atoms with E-state index in [1.807, 2.05) is 37.3 Å². The molecule has 1 heterocycles. The maximum absolute atomic E-state index is 13.0. The lowest BCUT2D eigenvalue weighted by Crippen LogP contribution is -2.32. The van der Waals surface area contributed by atoms with Crippen LogP contribution in [0, 0.1) is 12.8 Å². The summed E-state index contributed by atoms with van der Waals surface area (Å²) < 4.78 is 11.8. The third-order valence-corrected chi connectivity index (χ3v) is 5.83. The molecule has 32 heavy (non-hydrogen) atoms. The fourth-order valence-electron chi connectivity index (χ4n) is 3.69. The van der Waals surface area contributed by atoms with Crippen molar-refractivity contribution in [3.8, 4) is 5.75 Å². The van der Waals surface area contributed by atoms with E-state index in [0.29, 0.717) is 23.8 Å². The van der Waals surface area contributed by atoms with Gasteiger partial charge in [0.25, 0.3) is 11.7 Å². The van der Waals surface area contributed by atoms with Crippen molar-refractivity contribution in [1.29, 1.82) is 0 Å². The van der Waals surface area contributed by atoms with Crippen LogP contribution in [-0.4, -0.2) is 48.6 Å². The molecule has 2 aromatic rings. The molecule has 3 rings (SSSR count). The Morgan fingerprint density at radius 2 is 1.84 bits per heavy atom. The minimum absolute atomic E-state index is 0.0763. The molecule has 0 unspecified atom stereocenters. The largest absolute Gasteiger partial charge is 0.507 e. The highest BCUT2D eigenvalue weighted by atomic mass is 79.9. The van der Waals surface area contributed by atoms with E-state index in [-0.39, 0.29) is 24.5 Å². The van der Waals surface area contributed by atoms with Gasteiger partial charge in [0.15, 0.2) is 0 Å². The molecule has 0 spiro atoms. The molecule has 0 aromatic heterocycles. The lowest BCUT2D eigenvalue weighted by Gasteiger charge is -2.25. The highest BCUT2D eigenvalue weighted by molar-refractivity contribution is 9.10. The number of likely N-dealkylation sites (tertiary alicyclic amines) is 1. The van der Waals surface area contributed by atoms with Gasteiger partial charge < -0.3 is 19.5 Å². The molecule has 7 heteroatoms. The van der Waals surface area contributed by atoms with Gasteiger partial charge in [-0.15, -0.1) is 0 Å². The number of benzene rings is 2. The van der Waals surface area contributed by atoms with Crippen LogP contribution < -0.4 is 4.74 Å². The first-order chi connectivity index (χ1) is 15.2. The first kappa shape index (κ1) is 24.0. The Kier molecular flexibility index (Phi) is 7.74. The molecule has 1 fully saturated rings. The average Bonchev–Trinajstić information content (AvgIpc) is 3.01. The van der Waals surface area contributed by atoms with E-state index in [1.54, 1.807) is 12.1 Å². The molecule has 1 N–H and O–H groups in total. The van der Waals surface area contributed by atoms with Gasteiger partial charge in [-0.25, -0.2) is 0 Å². The summed E-state index contributed by atoms with van der Waals surface area (Å²) in [4.78, 5) is 27.3. The molecule has 0 aliphatic carbocycles. The molecule has 0 saturated carbocycles. The van der Waals surface area contributed by atoms with Gasteiger partial charge in [0.1, 0.15) is 11.5 Å². The van der Waals surface area contributed by atoms with Gasteiger partial charge in [-0.1, -0.05) is 41.9 Å². The van der Waals surface area contributed by atoms with Crippen molar-refractivity contribution in [2.75, 3.05) is 26.9 Å². The summed E-state index contributed by atoms with van der Waals surface area (Å²) in [6, 6.07) is 12.0. The predicted molar refractivity (Wildman–Crippen MR) is 127 cm³/mol. The molecule has 0 bridgehead atoms. The number of carbonyl (C=O) groups excluding carboxylic acids is 2. The first-order valence-electron chi connectivity index (χ1n) is 10.5. The lowest BCUT2D eigenvalue weighted by atomic mass is 9.94. The topological polar surface area (TPSA) is 76.1 Å². The Morgan fingerprint density at radius 1 is 1.16 bits per heavy atom. The molecule has 1 aliphatic heterocycles. The summed E-state index contributed by atoms with van der Waals surface area (Å²) in [5.74, 6) is -0.462. The van der Waals surface area contributed by atoms with Crippen LogP contribution in [0.5, 0.6) is 5.75 Å². The third-order valence-electron chi connectivity index (χ3n) is 5.30. The number of ether oxygens (including phenoxy) is 2. The van der Waals surface area contributed by atoms with Crippen LogP contribution in [0.2, 0.25) is 0 Å². The summed E-state index contributed by atoms with van der Waals surface area (Å²) >= 11 is 3.41. The number of ketones is 1. The third kappa shape index (κ3) is 5.05. The normalized spacial score (nSPS) is 17.9. The van der Waals surface area contributed by atoms with Crippen LogP contribution in [0.1, 0.15) is 36.6 Å². The Hall–Kier alpha value is -2.64. The van der Waals surface area contributed by atoms with Crippen LogP contribution in [-0.2, 0) is 14.3 Å². The van der Waals surface area contributed by atoms with Crippen molar-refractivity contribution >= 4 is 33.4 Å². The van der Waals surface area contributed by atoms with Crippen LogP contribution in [0.25, 0.3) is 5.76 Å². The smallest absolute Gasteiger partial charge is 0.295 e. The maximum Gasteiger partial charge on any atom is 0.295 e. The Balaban J connectivity index is 2.07. The highest BCUT2D eigenvalue weighted by Crippen LogP contribution is 2.40. The number of Topliss-reactive ketones (excluding diaryl/α,β-unsaturated/α-hetero) is 1. The Bertz CT molecular complexity index is 1030. The predicted octanol–water partition coefficient (Wildman–Crippen LogP) is 4.86. The van der Waals surface area contributed by atoms with Gasteiger partial charge in [-0.05, 0) is 54.3 Å². The van der Waals surface area contributed by atoms with Crippen LogP contribution in [0.4, 0.5) is 0 Å². The van der Waals surface area contributed by atoms with E-state index in [0.717, 1.165) is 15.6 Å². The number of aliphatic hydroxyl groups is 1. The molecule has 6 nitrogen and oxygen atoms in total. The van der Waals surface area contributed by atoms with E-state index in [9.17, 15) is 14.7 Å². The minimum atomic E-state index is -0.703. The van der Waals surface area contributed by atoms with Crippen molar-refractivity contribution in [2.24, 2.45) is 5.92 Å². The van der Waals surface area contributed by atoms with Gasteiger partial charge >= 0.3 is 0 Å². The molecule has 1 aliphatic rings. The zero-order chi connectivity index (χ0) is 23.4. The highest BCUT2D eigenvalue weighted by Gasteiger charge is 2.45. The molecular weight excluding hydrogens is 474 g/mol. The standard InChI is InChI=1S/C25H28BrNO5/c1-15(2)14-32-19-9-10-20(16(3)13-19)23(28)21-22(17-5-7-18(26)8-6-17)27(11-12-31-4)25(30)24(21)29/h5-10,13,15,22,28H,11-12,14H2,1-4H3/t22-/m0/s1. The quantitative estimate of drug-likeness (QED) is 0.317. The Labute approximate surface area is 197 Å². The number of aliphatic hydroxyl groups excluding tert-OH is 1. The summed E-state index contributed by atoms with van der Waals surface area (Å²) in [7, 11) is 1.54. The fraction of sp³-hybridized carbons (Fsp3) is 0.360. The summed E-state index contributed by atoms with van der Waals surface area (Å²) in [5, 5.41) is 11.2. The number of halogens is 1. The number of hydrogen-bond acceptors (Lipinski definition) is 5. The molecular formula is C25H28BrNO5. The number of hydrogen-bond donors (Lipinski definition) is 1. The van der Waals surface area contributed by atoms with Crippen LogP contribution >= 0.6 is 15.9 Å². The van der Waals surface area contributed by atoms with Gasteiger partial charge in [0.05, 0.1) is 24.8 Å². The van der Waals surface area contributed by atoms with Gasteiger partial charge in [0, 0.05) is 23.7 Å². The van der Waals surface area contributed by atoms with Crippen molar-refractivity contribution in [3.05, 3.63) is 69.2 Å². The van der Waals surface area contributed by atoms with E-state index in [2.05, 4.69) is 29.8 Å². The van der Waals surface area contributed by atoms with E-state index in [1.165, 1.54) is 12.0 Å². The molecule has 1 amide bonds. The number of aryl methyl sites for hydroxylation is 1. The zero-order valence-electron chi connectivity index (χ0n) is 18.7. The zero-order valence-corrected chi connectivity index (χ0v) is 20.3. The molecule has 1 saturated heterocycles. The molecule has 2 aromatic carbocycles. The fourth-order valence-corrected chi connectivity index (χ4v) is 3.96. The van der Waals surface area contributed by atoms with Crippen molar-refractivity contribution in [1.82, 2.24) is 4.90 Å². The van der Waals surface area contributed by atoms with Gasteiger partial charge in [0.2, 0.25) is 0 Å². The minimum Gasteiger partial charge on any atom is -0.507 e. The summed E-state index contributed by atoms with van der Waals surface area (Å²) in [5.41, 5.74) is 2.06. The second-order valence-electron chi connectivity index (χ2n) is 8.22. The summed E-state index contributed by atoms with van der Waals surface area (Å²) in [6.07, 6.45) is 0. The Morgan fingerprint density at radius 3 is 2.44 bits per heavy atom. The second-order valence-corrected chi connectivity index (χ2v) is 9.13. The molecule has 1 atom stereocenters. The van der Waals surface area contributed by atoms with E-state index >= 15 is 0 Å². The number of rotatable bonds is 8. The molecule has 0 radical (unpaired) electrons. The average molecular weight is 502 g/mol. The second kappa shape index (κ2) is 10.3. The van der Waals surface area contributed by atoms with Gasteiger partial charge in [-0.2, -0.15) is 0 Å². The van der Waals surface area contributed by atoms with Crippen molar-refractivity contribution in [3.63, 3.8) is 0 Å². The van der Waals surface area contributed by atoms with Crippen molar-refractivity contribution in [2.45, 2.75) is 26.8 Å². The SMILES string of the molecule is COCCN1C(=O)C(=O)C(=C(O)c2ccc(OCC(C)C)cc2C)[C@@H]1c1ccc(Br)cc1. The van der Waals surface area contributed by atoms with Crippen molar-refractivity contribution < 1.29 is 24.2 Å². The summed E-state index contributed by atoms with van der Waals surface area (Å²) in [6.45, 7) is 7.07.